The molecule has 4 nitrogen and oxygen atoms in total. The number of hydrogen-bond donors (Lipinski definition) is 3. The Labute approximate surface area is 92.5 Å². The summed E-state index contributed by atoms with van der Waals surface area (Å²) in [5.41, 5.74) is 12.2. The fourth-order valence-corrected chi connectivity index (χ4v) is 1.59. The monoisotopic (exact) mass is 213 g/mol. The molecule has 0 saturated carbocycles. The Balaban J connectivity index is 2.86. The first-order valence-corrected chi connectivity index (χ1v) is 4.74. The molecule has 0 atom stereocenters. The van der Waals surface area contributed by atoms with Crippen LogP contribution in [-0.4, -0.2) is 11.0 Å². The Morgan fingerprint density at radius 2 is 2.06 bits per heavy atom. The molecule has 0 saturated heterocycles. The van der Waals surface area contributed by atoms with Crippen molar-refractivity contribution in [2.75, 3.05) is 5.73 Å². The number of rotatable bonds is 1. The quantitative estimate of drug-likeness (QED) is 0.499. The van der Waals surface area contributed by atoms with E-state index in [9.17, 15) is 5.11 Å². The topological polar surface area (TPSA) is 84.6 Å². The highest BCUT2D eigenvalue weighted by molar-refractivity contribution is 6.04. The summed E-state index contributed by atoms with van der Waals surface area (Å²) in [6.07, 6.45) is 1.21. The van der Waals surface area contributed by atoms with Crippen LogP contribution in [0.1, 0.15) is 0 Å². The first kappa shape index (κ1) is 10.1. The normalized spacial score (nSPS) is 9.75. The van der Waals surface area contributed by atoms with Gasteiger partial charge in [0.1, 0.15) is 5.75 Å². The fraction of sp³-hybridized carbons (Fsp3) is 0. The van der Waals surface area contributed by atoms with Crippen molar-refractivity contribution < 1.29 is 5.11 Å². The van der Waals surface area contributed by atoms with Gasteiger partial charge in [-0.15, -0.1) is 0 Å². The van der Waals surface area contributed by atoms with Crippen molar-refractivity contribution in [2.45, 2.75) is 0 Å². The predicted octanol–water partition coefficient (Wildman–Crippen LogP) is 1.90. The van der Waals surface area contributed by atoms with Crippen LogP contribution in [0, 0.1) is 0 Å². The molecule has 0 bridgehead atoms. The lowest BCUT2D eigenvalue weighted by Crippen LogP contribution is -1.87. The van der Waals surface area contributed by atoms with E-state index in [1.807, 2.05) is 6.07 Å². The summed E-state index contributed by atoms with van der Waals surface area (Å²) in [6, 6.07) is 8.61. The zero-order valence-electron chi connectivity index (χ0n) is 8.51. The molecule has 0 unspecified atom stereocenters. The van der Waals surface area contributed by atoms with Crippen LogP contribution in [0.4, 0.5) is 11.4 Å². The maximum Gasteiger partial charge on any atom is 0.125 e. The second kappa shape index (κ2) is 3.96. The molecule has 80 valence electrons. The molecule has 5 N–H and O–H groups in total. The summed E-state index contributed by atoms with van der Waals surface area (Å²) in [5.74, 6) is 2.67. The number of nitrogens with two attached hydrogens (primary N) is 2. The Morgan fingerprint density at radius 1 is 1.25 bits per heavy atom. The van der Waals surface area contributed by atoms with Crippen LogP contribution in [-0.2, 0) is 0 Å². The van der Waals surface area contributed by atoms with E-state index in [4.69, 9.17) is 11.5 Å². The molecule has 0 aliphatic carbocycles. The average molecular weight is 213 g/mol. The molecule has 0 heterocycles. The summed E-state index contributed by atoms with van der Waals surface area (Å²) in [7, 11) is 0. The number of hydrogen-bond acceptors (Lipinski definition) is 4. The fourth-order valence-electron chi connectivity index (χ4n) is 1.59. The van der Waals surface area contributed by atoms with Crippen molar-refractivity contribution in [3.8, 4) is 5.75 Å². The van der Waals surface area contributed by atoms with E-state index in [1.165, 1.54) is 6.20 Å². The molecular weight excluding hydrogens is 202 g/mol. The standard InChI is InChI=1S/C12H11N3O/c13-6-7-15-10-5-4-9(14)8-2-1-3-11(16)12(8)10/h1-6,16H,13-14H2. The van der Waals surface area contributed by atoms with E-state index in [-0.39, 0.29) is 5.75 Å². The molecule has 0 amide bonds. The van der Waals surface area contributed by atoms with E-state index >= 15 is 0 Å². The third-order valence-corrected chi connectivity index (χ3v) is 2.29. The Morgan fingerprint density at radius 3 is 2.81 bits per heavy atom. The van der Waals surface area contributed by atoms with Crippen molar-refractivity contribution >= 4 is 28.0 Å². The summed E-state index contributed by atoms with van der Waals surface area (Å²) in [5, 5.41) is 11.2. The molecule has 0 aliphatic rings. The van der Waals surface area contributed by atoms with E-state index in [0.717, 1.165) is 5.39 Å². The summed E-state index contributed by atoms with van der Waals surface area (Å²) < 4.78 is 0. The molecule has 2 aromatic carbocycles. The summed E-state index contributed by atoms with van der Waals surface area (Å²) in [6.45, 7) is 0. The van der Waals surface area contributed by atoms with Crippen molar-refractivity contribution in [2.24, 2.45) is 10.7 Å². The Bertz CT molecular complexity index is 598. The van der Waals surface area contributed by atoms with Gasteiger partial charge in [0.05, 0.1) is 17.3 Å². The number of anilines is 1. The maximum absolute atomic E-state index is 9.79. The first-order valence-electron chi connectivity index (χ1n) is 4.74. The lowest BCUT2D eigenvalue weighted by molar-refractivity contribution is 0.482. The van der Waals surface area contributed by atoms with Gasteiger partial charge in [-0.25, -0.2) is 4.99 Å². The number of aromatic hydroxyl groups is 1. The van der Waals surface area contributed by atoms with Crippen molar-refractivity contribution in [3.05, 3.63) is 36.5 Å². The average Bonchev–Trinajstić information content (AvgIpc) is 2.29. The molecule has 2 rings (SSSR count). The van der Waals surface area contributed by atoms with Crippen LogP contribution in [0.25, 0.3) is 10.8 Å². The summed E-state index contributed by atoms with van der Waals surface area (Å²) >= 11 is 0. The molecule has 0 aliphatic heterocycles. The van der Waals surface area contributed by atoms with Crippen LogP contribution in [0.2, 0.25) is 0 Å². The molecule has 4 heteroatoms. The van der Waals surface area contributed by atoms with E-state index in [0.29, 0.717) is 16.8 Å². The highest BCUT2D eigenvalue weighted by Crippen LogP contribution is 2.36. The molecule has 16 heavy (non-hydrogen) atoms. The number of benzene rings is 2. The highest BCUT2D eigenvalue weighted by atomic mass is 16.3. The number of phenols is 1. The lowest BCUT2D eigenvalue weighted by Gasteiger charge is -2.06. The highest BCUT2D eigenvalue weighted by Gasteiger charge is 2.06. The van der Waals surface area contributed by atoms with E-state index in [1.54, 1.807) is 24.3 Å². The predicted molar refractivity (Wildman–Crippen MR) is 65.9 cm³/mol. The molecule has 0 radical (unpaired) electrons. The van der Waals surface area contributed by atoms with Crippen molar-refractivity contribution in [1.82, 2.24) is 0 Å². The largest absolute Gasteiger partial charge is 0.507 e. The van der Waals surface area contributed by atoms with Gasteiger partial charge in [-0.05, 0) is 18.2 Å². The van der Waals surface area contributed by atoms with Gasteiger partial charge in [0, 0.05) is 16.9 Å². The third kappa shape index (κ3) is 1.58. The Kier molecular flexibility index (Phi) is 2.50. The summed E-state index contributed by atoms with van der Waals surface area (Å²) in [4.78, 5) is 4.01. The van der Waals surface area contributed by atoms with Crippen molar-refractivity contribution in [3.63, 3.8) is 0 Å². The van der Waals surface area contributed by atoms with E-state index in [2.05, 4.69) is 10.9 Å². The number of aliphatic imine (C=N–C) groups is 1. The zero-order chi connectivity index (χ0) is 11.5. The zero-order valence-corrected chi connectivity index (χ0v) is 8.51. The third-order valence-electron chi connectivity index (χ3n) is 2.29. The number of fused-ring (bicyclic) bond motifs is 1. The molecule has 0 fully saturated rings. The SMILES string of the molecule is NC=C=Nc1ccc(N)c2cccc(O)c12. The van der Waals surface area contributed by atoms with Gasteiger partial charge < -0.3 is 16.6 Å². The van der Waals surface area contributed by atoms with Gasteiger partial charge in [0.25, 0.3) is 0 Å². The van der Waals surface area contributed by atoms with Crippen LogP contribution < -0.4 is 11.5 Å². The number of nitrogens with zero attached hydrogens (tertiary/aromatic N) is 1. The lowest BCUT2D eigenvalue weighted by atomic mass is 10.1. The minimum absolute atomic E-state index is 0.141. The number of nitrogen functional groups attached to an aromatic ring is 1. The maximum atomic E-state index is 9.79. The first-order chi connectivity index (χ1) is 7.74. The molecular formula is C12H11N3O. The van der Waals surface area contributed by atoms with Crippen LogP contribution in [0.3, 0.4) is 0 Å². The van der Waals surface area contributed by atoms with Gasteiger partial charge in [-0.3, -0.25) is 0 Å². The van der Waals surface area contributed by atoms with Crippen LogP contribution in [0.5, 0.6) is 5.75 Å². The second-order valence-electron chi connectivity index (χ2n) is 3.28. The van der Waals surface area contributed by atoms with Gasteiger partial charge >= 0.3 is 0 Å². The van der Waals surface area contributed by atoms with Crippen LogP contribution in [0.15, 0.2) is 41.5 Å². The van der Waals surface area contributed by atoms with Crippen LogP contribution >= 0.6 is 0 Å². The van der Waals surface area contributed by atoms with Gasteiger partial charge in [0.15, 0.2) is 0 Å². The Hall–Kier alpha value is -2.45. The van der Waals surface area contributed by atoms with Crippen molar-refractivity contribution in [1.29, 1.82) is 0 Å². The van der Waals surface area contributed by atoms with Gasteiger partial charge in [-0.1, -0.05) is 12.1 Å². The second-order valence-corrected chi connectivity index (χ2v) is 3.28. The van der Waals surface area contributed by atoms with Gasteiger partial charge in [0.2, 0.25) is 0 Å². The minimum Gasteiger partial charge on any atom is -0.507 e. The minimum atomic E-state index is 0.141. The molecule has 2 aromatic rings. The smallest absolute Gasteiger partial charge is 0.125 e. The molecule has 0 aromatic heterocycles. The number of phenolic OH excluding ortho intramolecular Hbond substituents is 1. The van der Waals surface area contributed by atoms with E-state index < -0.39 is 0 Å². The molecule has 0 spiro atoms. The van der Waals surface area contributed by atoms with Gasteiger partial charge in [-0.2, -0.15) is 0 Å².